The number of rotatable bonds is 3. The Morgan fingerprint density at radius 1 is 1.17 bits per heavy atom. The smallest absolute Gasteiger partial charge is 0.414 e. The van der Waals surface area contributed by atoms with Crippen LogP contribution in [-0.4, -0.2) is 40.2 Å². The number of ether oxygens (including phenoxy) is 1. The molecular weight excluding hydrogens is 446 g/mol. The van der Waals surface area contributed by atoms with E-state index in [1.807, 2.05) is 13.8 Å². The molecule has 35 heavy (non-hydrogen) atoms. The molecule has 1 unspecified atom stereocenters. The number of nitrogens with one attached hydrogen (secondary N) is 1. The molecule has 3 fully saturated rings. The van der Waals surface area contributed by atoms with Crippen LogP contribution in [0.2, 0.25) is 0 Å². The Labute approximate surface area is 206 Å². The monoisotopic (exact) mass is 483 g/mol. The number of benzene rings is 1. The van der Waals surface area contributed by atoms with Gasteiger partial charge in [-0.1, -0.05) is 33.8 Å². The molecule has 4 rings (SSSR count). The number of amides is 2. The van der Waals surface area contributed by atoms with Gasteiger partial charge in [0.2, 0.25) is 0 Å². The molecule has 0 spiro atoms. The summed E-state index contributed by atoms with van der Waals surface area (Å²) in [5, 5.41) is 23.3. The highest BCUT2D eigenvalue weighted by Crippen LogP contribution is 2.67. The summed E-state index contributed by atoms with van der Waals surface area (Å²) in [6.45, 7) is 12.1. The molecule has 7 nitrogen and oxygen atoms in total. The van der Waals surface area contributed by atoms with Crippen molar-refractivity contribution in [2.24, 2.45) is 34.0 Å². The third-order valence-electron chi connectivity index (χ3n) is 9.90. The number of alkyl carbamates (subject to hydrolysis) is 1. The maximum atomic E-state index is 13.4. The molecule has 7 heteroatoms. The van der Waals surface area contributed by atoms with Crippen LogP contribution in [0.3, 0.4) is 0 Å². The van der Waals surface area contributed by atoms with Crippen LogP contribution in [0.5, 0.6) is 5.75 Å². The topological polar surface area (TPSA) is 113 Å². The van der Waals surface area contributed by atoms with Gasteiger partial charge in [0.05, 0.1) is 6.10 Å². The fraction of sp³-hybridized carbons (Fsp3) is 0.607. The molecule has 0 aromatic heterocycles. The van der Waals surface area contributed by atoms with Gasteiger partial charge < -0.3 is 14.9 Å². The maximum Gasteiger partial charge on any atom is 0.414 e. The number of aliphatic hydroxyl groups excluding tert-OH is 1. The van der Waals surface area contributed by atoms with E-state index in [0.29, 0.717) is 12.8 Å². The van der Waals surface area contributed by atoms with Gasteiger partial charge in [0, 0.05) is 28.7 Å². The second-order valence-corrected chi connectivity index (χ2v) is 11.5. The van der Waals surface area contributed by atoms with Crippen LogP contribution in [0.25, 0.3) is 0 Å². The first-order valence-corrected chi connectivity index (χ1v) is 12.5. The molecule has 2 amide bonds. The van der Waals surface area contributed by atoms with Gasteiger partial charge in [-0.2, -0.15) is 0 Å². The Kier molecular flexibility index (Phi) is 6.37. The average molecular weight is 484 g/mol. The van der Waals surface area contributed by atoms with Crippen molar-refractivity contribution < 1.29 is 29.3 Å². The minimum Gasteiger partial charge on any atom is -0.508 e. The van der Waals surface area contributed by atoms with Gasteiger partial charge in [-0.3, -0.25) is 14.9 Å². The van der Waals surface area contributed by atoms with Gasteiger partial charge in [0.1, 0.15) is 17.6 Å². The van der Waals surface area contributed by atoms with Gasteiger partial charge in [-0.25, -0.2) is 4.79 Å². The number of Topliss-reactive ketones (excluding diaryl/α,β-unsaturated/α-hetero) is 1. The average Bonchev–Trinajstić information content (AvgIpc) is 3.18. The zero-order chi connectivity index (χ0) is 25.8. The lowest BCUT2D eigenvalue weighted by atomic mass is 9.44. The van der Waals surface area contributed by atoms with Gasteiger partial charge in [0.15, 0.2) is 0 Å². The van der Waals surface area contributed by atoms with Crippen LogP contribution in [0, 0.1) is 34.0 Å². The van der Waals surface area contributed by atoms with Crippen molar-refractivity contribution in [3.63, 3.8) is 0 Å². The lowest BCUT2D eigenvalue weighted by Crippen LogP contribution is -2.63. The van der Waals surface area contributed by atoms with Crippen molar-refractivity contribution in [2.75, 3.05) is 0 Å². The van der Waals surface area contributed by atoms with E-state index in [1.54, 1.807) is 6.08 Å². The first kappa shape index (κ1) is 25.4. The fourth-order valence-electron chi connectivity index (χ4n) is 7.44. The van der Waals surface area contributed by atoms with E-state index >= 15 is 0 Å². The van der Waals surface area contributed by atoms with E-state index in [1.165, 1.54) is 24.3 Å². The lowest BCUT2D eigenvalue weighted by Gasteiger charge is -2.61. The maximum absolute atomic E-state index is 13.4. The second kappa shape index (κ2) is 8.77. The summed E-state index contributed by atoms with van der Waals surface area (Å²) < 4.78 is 6.00. The van der Waals surface area contributed by atoms with Crippen molar-refractivity contribution >= 4 is 17.8 Å². The largest absolute Gasteiger partial charge is 0.508 e. The van der Waals surface area contributed by atoms with Gasteiger partial charge in [-0.15, -0.1) is 6.58 Å². The van der Waals surface area contributed by atoms with E-state index < -0.39 is 35.0 Å². The highest BCUT2D eigenvalue weighted by Gasteiger charge is 2.68. The quantitative estimate of drug-likeness (QED) is 0.541. The number of aliphatic hydroxyl groups is 1. The summed E-state index contributed by atoms with van der Waals surface area (Å²) in [7, 11) is 0. The number of hydrogen-bond acceptors (Lipinski definition) is 6. The Balaban J connectivity index is 1.70. The molecule has 3 N–H and O–H groups in total. The molecular formula is C28H37NO6. The van der Waals surface area contributed by atoms with Crippen LogP contribution in [-0.2, 0) is 9.53 Å². The molecule has 3 aliphatic rings. The molecule has 0 heterocycles. The number of phenols is 1. The first-order valence-electron chi connectivity index (χ1n) is 12.5. The van der Waals surface area contributed by atoms with Gasteiger partial charge >= 0.3 is 6.09 Å². The third kappa shape index (κ3) is 3.88. The molecule has 0 saturated heterocycles. The molecule has 0 radical (unpaired) electrons. The minimum atomic E-state index is -0.891. The van der Waals surface area contributed by atoms with E-state index in [-0.39, 0.29) is 40.3 Å². The molecule has 8 atom stereocenters. The molecule has 3 saturated carbocycles. The Morgan fingerprint density at radius 3 is 2.46 bits per heavy atom. The number of phenolic OH excluding ortho intramolecular Hbond substituents is 1. The van der Waals surface area contributed by atoms with Crippen LogP contribution in [0.1, 0.15) is 70.2 Å². The van der Waals surface area contributed by atoms with E-state index in [0.717, 1.165) is 19.3 Å². The zero-order valence-electron chi connectivity index (χ0n) is 21.0. The summed E-state index contributed by atoms with van der Waals surface area (Å²) in [6, 6.07) is 5.55. The van der Waals surface area contributed by atoms with Crippen molar-refractivity contribution in [1.29, 1.82) is 0 Å². The molecule has 2 bridgehead atoms. The van der Waals surface area contributed by atoms with E-state index in [9.17, 15) is 24.6 Å². The number of carbonyl (C=O) groups is 3. The summed E-state index contributed by atoms with van der Waals surface area (Å²) in [5.74, 6) is -0.796. The summed E-state index contributed by atoms with van der Waals surface area (Å²) in [4.78, 5) is 39.0. The number of ketones is 1. The molecule has 1 aromatic carbocycles. The van der Waals surface area contributed by atoms with Crippen LogP contribution in [0.15, 0.2) is 36.9 Å². The Hall–Kier alpha value is -2.67. The molecule has 0 aliphatic heterocycles. The molecule has 190 valence electrons. The lowest BCUT2D eigenvalue weighted by molar-refractivity contribution is -0.191. The minimum absolute atomic E-state index is 0.0130. The first-order chi connectivity index (χ1) is 16.4. The number of imide groups is 1. The standard InChI is InChI=1S/C28H37NO6/c1-6-26(4)15-21(35-25(34)29-24(33)18-7-9-19(30)10-8-18)27(5)16(2)11-13-28(17(3)23(26)32)14-12-20(31)22(27)28/h6-10,16-17,21-23,30,32H,1,11-15H2,2-5H3,(H,29,33,34)/t16-,17+,21-,22?,23+,26-,27+,28+/m1/s1. The van der Waals surface area contributed by atoms with Crippen molar-refractivity contribution in [2.45, 2.75) is 72.0 Å². The molecule has 1 aromatic rings. The highest BCUT2D eigenvalue weighted by atomic mass is 16.6. The SMILES string of the molecule is C=C[C@]1(C)C[C@@H](OC(=O)NC(=O)c2ccc(O)cc2)[C@@]2(C)C3C(=O)CC[C@@]3(CC[C@H]2C)[C@@H](C)[C@@H]1O. The predicted octanol–water partition coefficient (Wildman–Crippen LogP) is 4.62. The Morgan fingerprint density at radius 2 is 1.83 bits per heavy atom. The van der Waals surface area contributed by atoms with Crippen molar-refractivity contribution in [3.8, 4) is 5.75 Å². The zero-order valence-corrected chi connectivity index (χ0v) is 21.0. The summed E-state index contributed by atoms with van der Waals surface area (Å²) >= 11 is 0. The number of carbonyl (C=O) groups excluding carboxylic acids is 3. The van der Waals surface area contributed by atoms with E-state index in [4.69, 9.17) is 4.74 Å². The van der Waals surface area contributed by atoms with Crippen LogP contribution in [0.4, 0.5) is 4.79 Å². The number of hydrogen-bond donors (Lipinski definition) is 3. The normalized spacial score (nSPS) is 40.7. The second-order valence-electron chi connectivity index (χ2n) is 11.5. The fourth-order valence-corrected chi connectivity index (χ4v) is 7.44. The van der Waals surface area contributed by atoms with Crippen LogP contribution >= 0.6 is 0 Å². The van der Waals surface area contributed by atoms with Crippen molar-refractivity contribution in [1.82, 2.24) is 5.32 Å². The molecule has 3 aliphatic carbocycles. The number of aromatic hydroxyl groups is 1. The summed E-state index contributed by atoms with van der Waals surface area (Å²) in [5.41, 5.74) is -1.54. The van der Waals surface area contributed by atoms with Gasteiger partial charge in [-0.05, 0) is 67.2 Å². The van der Waals surface area contributed by atoms with Crippen molar-refractivity contribution in [3.05, 3.63) is 42.5 Å². The predicted molar refractivity (Wildman–Crippen MR) is 131 cm³/mol. The van der Waals surface area contributed by atoms with Gasteiger partial charge in [0.25, 0.3) is 5.91 Å². The summed E-state index contributed by atoms with van der Waals surface area (Å²) in [6.07, 6.45) is 2.60. The highest BCUT2D eigenvalue weighted by molar-refractivity contribution is 6.02. The van der Waals surface area contributed by atoms with Crippen LogP contribution < -0.4 is 5.32 Å². The van der Waals surface area contributed by atoms with E-state index in [2.05, 4.69) is 25.7 Å². The Bertz CT molecular complexity index is 1040. The third-order valence-corrected chi connectivity index (χ3v) is 9.90.